The maximum absolute atomic E-state index is 12.1. The lowest BCUT2D eigenvalue weighted by Gasteiger charge is -2.07. The SMILES string of the molecule is C[C@@H]1CNCc2cc(S(N)(=O)=O)sc2S1(=O)=O. The highest BCUT2D eigenvalue weighted by atomic mass is 32.3. The highest BCUT2D eigenvalue weighted by Gasteiger charge is 2.32. The van der Waals surface area contributed by atoms with E-state index in [1.54, 1.807) is 6.92 Å². The van der Waals surface area contributed by atoms with Crippen molar-refractivity contribution >= 4 is 31.2 Å². The molecule has 0 saturated carbocycles. The maximum atomic E-state index is 12.1. The van der Waals surface area contributed by atoms with Crippen LogP contribution in [0.5, 0.6) is 0 Å². The van der Waals surface area contributed by atoms with Crippen LogP contribution < -0.4 is 10.5 Å². The summed E-state index contributed by atoms with van der Waals surface area (Å²) < 4.78 is 46.6. The third-order valence-electron chi connectivity index (χ3n) is 2.56. The molecule has 96 valence electrons. The van der Waals surface area contributed by atoms with E-state index in [0.717, 1.165) is 11.3 Å². The van der Waals surface area contributed by atoms with E-state index >= 15 is 0 Å². The van der Waals surface area contributed by atoms with Gasteiger partial charge in [0.05, 0.1) is 5.25 Å². The normalized spacial score (nSPS) is 24.0. The topological polar surface area (TPSA) is 106 Å². The van der Waals surface area contributed by atoms with E-state index in [-0.39, 0.29) is 8.42 Å². The van der Waals surface area contributed by atoms with Crippen LogP contribution in [-0.2, 0) is 26.4 Å². The quantitative estimate of drug-likeness (QED) is 0.737. The summed E-state index contributed by atoms with van der Waals surface area (Å²) in [7, 11) is -7.31. The van der Waals surface area contributed by atoms with E-state index < -0.39 is 25.1 Å². The highest BCUT2D eigenvalue weighted by Crippen LogP contribution is 2.33. The number of nitrogens with one attached hydrogen (secondary N) is 1. The molecule has 1 atom stereocenters. The summed E-state index contributed by atoms with van der Waals surface area (Å²) in [6.07, 6.45) is 0. The molecule has 0 amide bonds. The van der Waals surface area contributed by atoms with E-state index in [9.17, 15) is 16.8 Å². The van der Waals surface area contributed by atoms with Crippen molar-refractivity contribution in [3.63, 3.8) is 0 Å². The van der Waals surface area contributed by atoms with Crippen molar-refractivity contribution < 1.29 is 16.8 Å². The lowest BCUT2D eigenvalue weighted by Crippen LogP contribution is -2.27. The van der Waals surface area contributed by atoms with Crippen LogP contribution in [-0.4, -0.2) is 28.6 Å². The Morgan fingerprint density at radius 2 is 2.18 bits per heavy atom. The van der Waals surface area contributed by atoms with E-state index in [2.05, 4.69) is 5.32 Å². The average Bonchev–Trinajstić information content (AvgIpc) is 2.57. The van der Waals surface area contributed by atoms with Crippen LogP contribution in [0.1, 0.15) is 12.5 Å². The molecule has 17 heavy (non-hydrogen) atoms. The summed E-state index contributed by atoms with van der Waals surface area (Å²) in [4.78, 5) is 0. The van der Waals surface area contributed by atoms with E-state index in [1.165, 1.54) is 6.07 Å². The molecule has 0 radical (unpaired) electrons. The number of primary sulfonamides is 1. The monoisotopic (exact) mass is 296 g/mol. The highest BCUT2D eigenvalue weighted by molar-refractivity contribution is 7.95. The fraction of sp³-hybridized carbons (Fsp3) is 0.500. The van der Waals surface area contributed by atoms with Gasteiger partial charge >= 0.3 is 0 Å². The molecule has 1 aliphatic rings. The lowest BCUT2D eigenvalue weighted by atomic mass is 10.3. The molecule has 2 rings (SSSR count). The largest absolute Gasteiger partial charge is 0.311 e. The molecule has 9 heteroatoms. The third kappa shape index (κ3) is 2.25. The zero-order valence-corrected chi connectivity index (χ0v) is 11.5. The minimum Gasteiger partial charge on any atom is -0.311 e. The predicted octanol–water partition coefficient (Wildman–Crippen LogP) is -0.339. The first-order valence-corrected chi connectivity index (χ1v) is 8.74. The Morgan fingerprint density at radius 1 is 1.53 bits per heavy atom. The number of hydrogen-bond acceptors (Lipinski definition) is 6. The summed E-state index contributed by atoms with van der Waals surface area (Å²) in [6.45, 7) is 2.28. The van der Waals surface area contributed by atoms with Gasteiger partial charge in [-0.3, -0.25) is 0 Å². The van der Waals surface area contributed by atoms with Gasteiger partial charge in [-0.05, 0) is 18.6 Å². The second kappa shape index (κ2) is 4.02. The van der Waals surface area contributed by atoms with Crippen LogP contribution in [0.4, 0.5) is 0 Å². The molecule has 0 bridgehead atoms. The van der Waals surface area contributed by atoms with Crippen LogP contribution in [0.25, 0.3) is 0 Å². The first-order chi connectivity index (χ1) is 7.73. The van der Waals surface area contributed by atoms with Gasteiger partial charge in [0.2, 0.25) is 10.0 Å². The second-order valence-corrected chi connectivity index (χ2v) is 9.31. The molecule has 6 nitrogen and oxygen atoms in total. The average molecular weight is 296 g/mol. The lowest BCUT2D eigenvalue weighted by molar-refractivity contribution is 0.581. The van der Waals surface area contributed by atoms with Crippen LogP contribution in [0, 0.1) is 0 Å². The number of rotatable bonds is 1. The Balaban J connectivity index is 2.66. The standard InChI is InChI=1S/C8H12N2O4S3/c1-5-3-10-4-6-2-7(17(9,13)14)15-8(6)16(5,11)12/h2,5,10H,3-4H2,1H3,(H2,9,13,14)/t5-/m1/s1. The molecule has 3 N–H and O–H groups in total. The molecule has 1 aliphatic heterocycles. The maximum Gasteiger partial charge on any atom is 0.247 e. The van der Waals surface area contributed by atoms with Crippen LogP contribution in [0.15, 0.2) is 14.5 Å². The van der Waals surface area contributed by atoms with Crippen molar-refractivity contribution in [3.8, 4) is 0 Å². The van der Waals surface area contributed by atoms with Gasteiger partial charge in [0.25, 0.3) is 0 Å². The van der Waals surface area contributed by atoms with Gasteiger partial charge in [0.15, 0.2) is 9.84 Å². The van der Waals surface area contributed by atoms with Crippen LogP contribution in [0.2, 0.25) is 0 Å². The van der Waals surface area contributed by atoms with Crippen molar-refractivity contribution in [2.24, 2.45) is 5.14 Å². The summed E-state index contributed by atoms with van der Waals surface area (Å²) in [6, 6.07) is 1.33. The first kappa shape index (κ1) is 13.0. The fourth-order valence-corrected chi connectivity index (χ4v) is 5.85. The molecular weight excluding hydrogens is 284 g/mol. The molecule has 1 aromatic heterocycles. The van der Waals surface area contributed by atoms with Gasteiger partial charge in [-0.1, -0.05) is 0 Å². The van der Waals surface area contributed by atoms with E-state index in [1.807, 2.05) is 0 Å². The Labute approximate surface area is 104 Å². The smallest absolute Gasteiger partial charge is 0.247 e. The number of thiophene rings is 1. The van der Waals surface area contributed by atoms with E-state index in [0.29, 0.717) is 18.7 Å². The Bertz CT molecular complexity index is 644. The number of hydrogen-bond donors (Lipinski definition) is 2. The Morgan fingerprint density at radius 3 is 2.76 bits per heavy atom. The predicted molar refractivity (Wildman–Crippen MR) is 64.0 cm³/mol. The zero-order valence-electron chi connectivity index (χ0n) is 9.00. The number of sulfone groups is 1. The fourth-order valence-electron chi connectivity index (χ4n) is 1.59. The van der Waals surface area contributed by atoms with Crippen molar-refractivity contribution in [2.45, 2.75) is 27.1 Å². The second-order valence-electron chi connectivity index (χ2n) is 3.91. The molecule has 0 fully saturated rings. The van der Waals surface area contributed by atoms with Crippen molar-refractivity contribution in [1.82, 2.24) is 5.32 Å². The zero-order chi connectivity index (χ0) is 12.8. The van der Waals surface area contributed by atoms with Crippen LogP contribution >= 0.6 is 11.3 Å². The Kier molecular flexibility index (Phi) is 3.07. The molecule has 0 aromatic carbocycles. The molecule has 0 unspecified atom stereocenters. The number of fused-ring (bicyclic) bond motifs is 1. The van der Waals surface area contributed by atoms with Gasteiger partial charge in [-0.2, -0.15) is 0 Å². The van der Waals surface area contributed by atoms with Gasteiger partial charge < -0.3 is 5.32 Å². The molecule has 1 aromatic rings. The number of sulfonamides is 1. The van der Waals surface area contributed by atoms with Gasteiger partial charge in [0.1, 0.15) is 8.42 Å². The molecule has 0 saturated heterocycles. The molecule has 2 heterocycles. The summed E-state index contributed by atoms with van der Waals surface area (Å²) >= 11 is 0.725. The van der Waals surface area contributed by atoms with Gasteiger partial charge in [0, 0.05) is 13.1 Å². The Hall–Kier alpha value is -0.480. The van der Waals surface area contributed by atoms with Crippen molar-refractivity contribution in [1.29, 1.82) is 0 Å². The van der Waals surface area contributed by atoms with Crippen molar-refractivity contribution in [3.05, 3.63) is 11.6 Å². The molecular formula is C8H12N2O4S3. The minimum absolute atomic E-state index is 0.109. The number of nitrogens with two attached hydrogens (primary N) is 1. The van der Waals surface area contributed by atoms with Gasteiger partial charge in [-0.25, -0.2) is 22.0 Å². The molecule has 0 aliphatic carbocycles. The van der Waals surface area contributed by atoms with E-state index in [4.69, 9.17) is 5.14 Å². The minimum atomic E-state index is -3.85. The first-order valence-electron chi connectivity index (χ1n) is 4.83. The third-order valence-corrected chi connectivity index (χ3v) is 7.91. The molecule has 0 spiro atoms. The summed E-state index contributed by atoms with van der Waals surface area (Å²) in [5.74, 6) is 0. The van der Waals surface area contributed by atoms with Gasteiger partial charge in [-0.15, -0.1) is 11.3 Å². The van der Waals surface area contributed by atoms with Crippen molar-refractivity contribution in [2.75, 3.05) is 6.54 Å². The summed E-state index contributed by atoms with van der Waals surface area (Å²) in [5, 5.41) is 7.39. The van der Waals surface area contributed by atoms with Crippen LogP contribution in [0.3, 0.4) is 0 Å². The summed E-state index contributed by atoms with van der Waals surface area (Å²) in [5.41, 5.74) is 0.475.